The van der Waals surface area contributed by atoms with Gasteiger partial charge in [-0.2, -0.15) is 0 Å². The molecular weight excluding hydrogens is 116 g/mol. The van der Waals surface area contributed by atoms with Crippen molar-refractivity contribution in [1.29, 1.82) is 0 Å². The van der Waals surface area contributed by atoms with Gasteiger partial charge in [-0.05, 0) is 13.0 Å². The van der Waals surface area contributed by atoms with E-state index in [-0.39, 0.29) is 0 Å². The van der Waals surface area contributed by atoms with Crippen LogP contribution < -0.4 is 11.5 Å². The van der Waals surface area contributed by atoms with Crippen LogP contribution in [0.25, 0.3) is 0 Å². The normalized spacial score (nSPS) is 16.8. The molecule has 0 aromatic rings. The molecule has 0 aliphatic heterocycles. The van der Waals surface area contributed by atoms with Gasteiger partial charge in [-0.3, -0.25) is 0 Å². The molecule has 0 radical (unpaired) electrons. The fourth-order valence-electron chi connectivity index (χ4n) is 0.539. The van der Waals surface area contributed by atoms with Crippen LogP contribution in [-0.2, 0) is 4.79 Å². The molecule has 3 nitrogen and oxygen atoms in total. The largest absolute Gasteiger partial charge is 0.330 e. The van der Waals surface area contributed by atoms with E-state index in [1.54, 1.807) is 0 Å². The van der Waals surface area contributed by atoms with E-state index in [2.05, 4.69) is 0 Å². The van der Waals surface area contributed by atoms with E-state index >= 15 is 0 Å². The van der Waals surface area contributed by atoms with Crippen LogP contribution in [0.3, 0.4) is 0 Å². The van der Waals surface area contributed by atoms with Crippen molar-refractivity contribution in [2.24, 2.45) is 16.9 Å². The zero-order valence-corrected chi connectivity index (χ0v) is 5.76. The van der Waals surface area contributed by atoms with Gasteiger partial charge in [0.25, 0.3) is 0 Å². The van der Waals surface area contributed by atoms with Gasteiger partial charge in [-0.25, -0.2) is 0 Å². The summed E-state index contributed by atoms with van der Waals surface area (Å²) in [5, 5.41) is 0. The third-order valence-electron chi connectivity index (χ3n) is 1.47. The highest BCUT2D eigenvalue weighted by atomic mass is 16.1. The van der Waals surface area contributed by atoms with Gasteiger partial charge >= 0.3 is 0 Å². The standard InChI is InChI=1S/C6H14N2O/c1-6(4-8,5-9)2-3-7/h5H,2-4,7-8H2,1H3/t6-/m1/s1. The summed E-state index contributed by atoms with van der Waals surface area (Å²) in [7, 11) is 0. The second-order valence-corrected chi connectivity index (χ2v) is 2.51. The Morgan fingerprint density at radius 3 is 2.22 bits per heavy atom. The van der Waals surface area contributed by atoms with Crippen molar-refractivity contribution < 1.29 is 4.79 Å². The highest BCUT2D eigenvalue weighted by molar-refractivity contribution is 5.58. The number of hydrogen-bond donors (Lipinski definition) is 2. The molecule has 0 unspecified atom stereocenters. The van der Waals surface area contributed by atoms with Gasteiger partial charge in [0.1, 0.15) is 6.29 Å². The predicted molar refractivity (Wildman–Crippen MR) is 36.9 cm³/mol. The molecule has 0 amide bonds. The van der Waals surface area contributed by atoms with Crippen molar-refractivity contribution in [3.8, 4) is 0 Å². The Kier molecular flexibility index (Phi) is 3.42. The molecule has 0 spiro atoms. The Balaban J connectivity index is 3.76. The summed E-state index contributed by atoms with van der Waals surface area (Å²) in [6, 6.07) is 0. The van der Waals surface area contributed by atoms with Crippen molar-refractivity contribution in [3.63, 3.8) is 0 Å². The summed E-state index contributed by atoms with van der Waals surface area (Å²) < 4.78 is 0. The smallest absolute Gasteiger partial charge is 0.127 e. The van der Waals surface area contributed by atoms with Crippen LogP contribution in [-0.4, -0.2) is 19.4 Å². The van der Waals surface area contributed by atoms with Gasteiger partial charge in [-0.1, -0.05) is 6.92 Å². The molecule has 0 aliphatic rings. The summed E-state index contributed by atoms with van der Waals surface area (Å²) in [5.74, 6) is 0. The van der Waals surface area contributed by atoms with Crippen LogP contribution >= 0.6 is 0 Å². The predicted octanol–water partition coefficient (Wildman–Crippen LogP) is -0.501. The second kappa shape index (κ2) is 3.58. The van der Waals surface area contributed by atoms with Gasteiger partial charge in [0.2, 0.25) is 0 Å². The highest BCUT2D eigenvalue weighted by Crippen LogP contribution is 2.13. The molecule has 0 aliphatic carbocycles. The summed E-state index contributed by atoms with van der Waals surface area (Å²) in [4.78, 5) is 10.3. The molecule has 0 aromatic heterocycles. The Bertz CT molecular complexity index is 95.1. The maximum Gasteiger partial charge on any atom is 0.127 e. The Morgan fingerprint density at radius 2 is 2.11 bits per heavy atom. The zero-order valence-electron chi connectivity index (χ0n) is 5.76. The molecule has 1 atom stereocenters. The lowest BCUT2D eigenvalue weighted by Crippen LogP contribution is -2.31. The lowest BCUT2D eigenvalue weighted by molar-refractivity contribution is -0.115. The van der Waals surface area contributed by atoms with Gasteiger partial charge in [0, 0.05) is 12.0 Å². The van der Waals surface area contributed by atoms with Crippen molar-refractivity contribution in [3.05, 3.63) is 0 Å². The van der Waals surface area contributed by atoms with Gasteiger partial charge in [0.15, 0.2) is 0 Å². The minimum atomic E-state index is -0.394. The lowest BCUT2D eigenvalue weighted by atomic mass is 9.89. The average Bonchev–Trinajstić information content (AvgIpc) is 1.89. The molecule has 3 heteroatoms. The SMILES string of the molecule is C[C@](C=O)(CN)CCN. The van der Waals surface area contributed by atoms with Gasteiger partial charge in [-0.15, -0.1) is 0 Å². The zero-order chi connectivity index (χ0) is 7.33. The Morgan fingerprint density at radius 1 is 1.56 bits per heavy atom. The number of rotatable bonds is 4. The summed E-state index contributed by atoms with van der Waals surface area (Å²) in [5.41, 5.74) is 10.2. The lowest BCUT2D eigenvalue weighted by Gasteiger charge is -2.18. The molecule has 0 bridgehead atoms. The van der Waals surface area contributed by atoms with E-state index in [0.29, 0.717) is 19.5 Å². The minimum absolute atomic E-state index is 0.383. The molecule has 0 heterocycles. The van der Waals surface area contributed by atoms with E-state index in [9.17, 15) is 4.79 Å². The molecule has 0 aromatic carbocycles. The molecule has 4 N–H and O–H groups in total. The van der Waals surface area contributed by atoms with E-state index in [1.165, 1.54) is 0 Å². The number of carbonyl (C=O) groups excluding carboxylic acids is 1. The van der Waals surface area contributed by atoms with Crippen LogP contribution in [0.15, 0.2) is 0 Å². The van der Waals surface area contributed by atoms with E-state index < -0.39 is 5.41 Å². The molecule has 0 saturated carbocycles. The summed E-state index contributed by atoms with van der Waals surface area (Å²) in [6.45, 7) is 2.72. The number of carbonyl (C=O) groups is 1. The highest BCUT2D eigenvalue weighted by Gasteiger charge is 2.19. The second-order valence-electron chi connectivity index (χ2n) is 2.51. The van der Waals surface area contributed by atoms with Crippen molar-refractivity contribution in [1.82, 2.24) is 0 Å². The van der Waals surface area contributed by atoms with Crippen molar-refractivity contribution in [2.75, 3.05) is 13.1 Å². The van der Waals surface area contributed by atoms with E-state index in [0.717, 1.165) is 6.29 Å². The minimum Gasteiger partial charge on any atom is -0.330 e. The first-order valence-corrected chi connectivity index (χ1v) is 3.05. The molecule has 0 rings (SSSR count). The fourth-order valence-corrected chi connectivity index (χ4v) is 0.539. The third-order valence-corrected chi connectivity index (χ3v) is 1.47. The first kappa shape index (κ1) is 8.59. The first-order chi connectivity index (χ1) is 4.18. The van der Waals surface area contributed by atoms with Gasteiger partial charge in [0.05, 0.1) is 0 Å². The van der Waals surface area contributed by atoms with Crippen LogP contribution in [0, 0.1) is 5.41 Å². The fraction of sp³-hybridized carbons (Fsp3) is 0.833. The van der Waals surface area contributed by atoms with Crippen LogP contribution in [0.2, 0.25) is 0 Å². The third kappa shape index (κ3) is 2.58. The number of aldehydes is 1. The molecular formula is C6H14N2O. The van der Waals surface area contributed by atoms with E-state index in [4.69, 9.17) is 11.5 Å². The quantitative estimate of drug-likeness (QED) is 0.504. The first-order valence-electron chi connectivity index (χ1n) is 3.05. The number of nitrogens with two attached hydrogens (primary N) is 2. The van der Waals surface area contributed by atoms with Crippen LogP contribution in [0.5, 0.6) is 0 Å². The summed E-state index contributed by atoms with van der Waals surface area (Å²) >= 11 is 0. The topological polar surface area (TPSA) is 69.1 Å². The van der Waals surface area contributed by atoms with Crippen LogP contribution in [0.4, 0.5) is 0 Å². The maximum atomic E-state index is 10.3. The molecule has 9 heavy (non-hydrogen) atoms. The van der Waals surface area contributed by atoms with Crippen molar-refractivity contribution >= 4 is 6.29 Å². The van der Waals surface area contributed by atoms with E-state index in [1.807, 2.05) is 6.92 Å². The molecule has 54 valence electrons. The summed E-state index contributed by atoms with van der Waals surface area (Å²) in [6.07, 6.45) is 1.55. The Labute approximate surface area is 55.4 Å². The number of hydrogen-bond acceptors (Lipinski definition) is 3. The monoisotopic (exact) mass is 130 g/mol. The average molecular weight is 130 g/mol. The molecule has 0 saturated heterocycles. The maximum absolute atomic E-state index is 10.3. The van der Waals surface area contributed by atoms with Crippen molar-refractivity contribution in [2.45, 2.75) is 13.3 Å². The Hall–Kier alpha value is -0.410. The van der Waals surface area contributed by atoms with Gasteiger partial charge < -0.3 is 16.3 Å². The molecule has 0 fully saturated rings. The van der Waals surface area contributed by atoms with Crippen LogP contribution in [0.1, 0.15) is 13.3 Å².